The van der Waals surface area contributed by atoms with Gasteiger partial charge in [0.25, 0.3) is 5.91 Å². The molecule has 1 aliphatic heterocycles. The molecule has 0 saturated carbocycles. The molecule has 1 heterocycles. The largest absolute Gasteiger partial charge is 0.482 e. The minimum absolute atomic E-state index is 0.0845. The standard InChI is InChI=1S/C14H13NO4S2/c1-2-15-13(18)11(21-14(15)20)7-9-3-5-10(6-4-9)19-8-12(16)17/h3-7H,2,8H2,1H3,(H,16,17)/b11-7-. The van der Waals surface area contributed by atoms with Crippen LogP contribution in [-0.2, 0) is 9.59 Å². The van der Waals surface area contributed by atoms with Crippen LogP contribution in [0.3, 0.4) is 0 Å². The van der Waals surface area contributed by atoms with Gasteiger partial charge in [0.15, 0.2) is 6.61 Å². The first-order valence-corrected chi connectivity index (χ1v) is 7.43. The van der Waals surface area contributed by atoms with Crippen LogP contribution in [-0.4, -0.2) is 39.4 Å². The highest BCUT2D eigenvalue weighted by Crippen LogP contribution is 2.32. The third-order valence-corrected chi connectivity index (χ3v) is 4.11. The van der Waals surface area contributed by atoms with Gasteiger partial charge in [0, 0.05) is 6.54 Å². The van der Waals surface area contributed by atoms with Gasteiger partial charge in [-0.2, -0.15) is 0 Å². The number of likely N-dealkylation sites (N-methyl/N-ethyl adjacent to an activating group) is 1. The molecular formula is C14H13NO4S2. The molecule has 0 radical (unpaired) electrons. The second-order valence-corrected chi connectivity index (χ2v) is 5.85. The van der Waals surface area contributed by atoms with Gasteiger partial charge in [-0.25, -0.2) is 4.79 Å². The van der Waals surface area contributed by atoms with E-state index in [0.29, 0.717) is 21.5 Å². The van der Waals surface area contributed by atoms with Crippen molar-refractivity contribution in [2.45, 2.75) is 6.92 Å². The number of hydrogen-bond acceptors (Lipinski definition) is 5. The SMILES string of the molecule is CCN1C(=O)/C(=C/c2ccc(OCC(=O)O)cc2)SC1=S. The number of benzene rings is 1. The molecule has 7 heteroatoms. The third kappa shape index (κ3) is 3.83. The Bertz CT molecular complexity index is 610. The summed E-state index contributed by atoms with van der Waals surface area (Å²) < 4.78 is 5.61. The molecule has 1 fully saturated rings. The van der Waals surface area contributed by atoms with Gasteiger partial charge in [0.05, 0.1) is 4.91 Å². The first-order chi connectivity index (χ1) is 10.0. The van der Waals surface area contributed by atoms with Gasteiger partial charge in [-0.1, -0.05) is 36.1 Å². The molecule has 0 aromatic heterocycles. The van der Waals surface area contributed by atoms with Gasteiger partial charge in [0.2, 0.25) is 0 Å². The first-order valence-electron chi connectivity index (χ1n) is 6.21. The Morgan fingerprint density at radius 3 is 2.62 bits per heavy atom. The van der Waals surface area contributed by atoms with E-state index in [9.17, 15) is 9.59 Å². The fraction of sp³-hybridized carbons (Fsp3) is 0.214. The summed E-state index contributed by atoms with van der Waals surface area (Å²) in [5.41, 5.74) is 0.828. The van der Waals surface area contributed by atoms with Gasteiger partial charge < -0.3 is 9.84 Å². The van der Waals surface area contributed by atoms with Crippen LogP contribution in [0.1, 0.15) is 12.5 Å². The van der Waals surface area contributed by atoms with Gasteiger partial charge >= 0.3 is 5.97 Å². The number of nitrogens with zero attached hydrogens (tertiary/aromatic N) is 1. The van der Waals surface area contributed by atoms with E-state index in [1.54, 1.807) is 35.2 Å². The number of carbonyl (C=O) groups excluding carboxylic acids is 1. The Morgan fingerprint density at radius 2 is 2.10 bits per heavy atom. The summed E-state index contributed by atoms with van der Waals surface area (Å²) in [6, 6.07) is 6.84. The number of carboxylic acids is 1. The van der Waals surface area contributed by atoms with Crippen LogP contribution in [0.15, 0.2) is 29.2 Å². The number of ether oxygens (including phenoxy) is 1. The number of carbonyl (C=O) groups is 2. The summed E-state index contributed by atoms with van der Waals surface area (Å²) in [5, 5.41) is 8.53. The zero-order chi connectivity index (χ0) is 15.4. The molecule has 1 amide bonds. The van der Waals surface area contributed by atoms with Gasteiger partial charge in [-0.3, -0.25) is 9.69 Å². The Morgan fingerprint density at radius 1 is 1.43 bits per heavy atom. The Labute approximate surface area is 131 Å². The van der Waals surface area contributed by atoms with Gasteiger partial charge in [-0.15, -0.1) is 0 Å². The third-order valence-electron chi connectivity index (χ3n) is 2.73. The van der Waals surface area contributed by atoms with Crippen LogP contribution in [0.5, 0.6) is 5.75 Å². The molecular weight excluding hydrogens is 310 g/mol. The van der Waals surface area contributed by atoms with Crippen molar-refractivity contribution in [2.24, 2.45) is 0 Å². The van der Waals surface area contributed by atoms with Crippen molar-refractivity contribution in [3.8, 4) is 5.75 Å². The Kier molecular flexibility index (Phi) is 4.98. The summed E-state index contributed by atoms with van der Waals surface area (Å²) in [4.78, 5) is 24.6. The summed E-state index contributed by atoms with van der Waals surface area (Å²) in [6.07, 6.45) is 1.76. The van der Waals surface area contributed by atoms with Crippen molar-refractivity contribution >= 4 is 46.3 Å². The summed E-state index contributed by atoms with van der Waals surface area (Å²) in [7, 11) is 0. The Balaban J connectivity index is 2.09. The van der Waals surface area contributed by atoms with Crippen molar-refractivity contribution < 1.29 is 19.4 Å². The molecule has 1 aromatic carbocycles. The predicted molar refractivity (Wildman–Crippen MR) is 85.1 cm³/mol. The number of amides is 1. The number of thioether (sulfide) groups is 1. The molecule has 0 aliphatic carbocycles. The molecule has 2 rings (SSSR count). The van der Waals surface area contributed by atoms with Crippen LogP contribution in [0.4, 0.5) is 0 Å². The lowest BCUT2D eigenvalue weighted by atomic mass is 10.2. The highest BCUT2D eigenvalue weighted by atomic mass is 32.2. The molecule has 1 aliphatic rings. The molecule has 0 spiro atoms. The van der Waals surface area contributed by atoms with E-state index in [0.717, 1.165) is 5.56 Å². The van der Waals surface area contributed by atoms with E-state index in [1.807, 2.05) is 6.92 Å². The molecule has 0 bridgehead atoms. The molecule has 1 saturated heterocycles. The zero-order valence-electron chi connectivity index (χ0n) is 11.2. The lowest BCUT2D eigenvalue weighted by molar-refractivity contribution is -0.139. The molecule has 5 nitrogen and oxygen atoms in total. The quantitative estimate of drug-likeness (QED) is 0.663. The van der Waals surface area contributed by atoms with Crippen LogP contribution < -0.4 is 4.74 Å². The zero-order valence-corrected chi connectivity index (χ0v) is 12.9. The van der Waals surface area contributed by atoms with Gasteiger partial charge in [-0.05, 0) is 30.7 Å². The maximum Gasteiger partial charge on any atom is 0.341 e. The highest BCUT2D eigenvalue weighted by Gasteiger charge is 2.30. The normalized spacial score (nSPS) is 16.6. The van der Waals surface area contributed by atoms with Crippen LogP contribution in [0, 0.1) is 0 Å². The molecule has 0 atom stereocenters. The lowest BCUT2D eigenvalue weighted by Gasteiger charge is -2.09. The van der Waals surface area contributed by atoms with E-state index in [1.165, 1.54) is 11.8 Å². The minimum Gasteiger partial charge on any atom is -0.482 e. The number of aliphatic carboxylic acids is 1. The Hall–Kier alpha value is -1.86. The van der Waals surface area contributed by atoms with Crippen LogP contribution >= 0.6 is 24.0 Å². The summed E-state index contributed by atoms with van der Waals surface area (Å²) in [6.45, 7) is 2.06. The first kappa shape index (κ1) is 15.5. The maximum absolute atomic E-state index is 12.1. The van der Waals surface area contributed by atoms with Gasteiger partial charge in [0.1, 0.15) is 10.1 Å². The van der Waals surface area contributed by atoms with E-state index in [4.69, 9.17) is 22.1 Å². The fourth-order valence-corrected chi connectivity index (χ4v) is 3.11. The number of hydrogen-bond donors (Lipinski definition) is 1. The van der Waals surface area contributed by atoms with E-state index < -0.39 is 5.97 Å². The molecule has 1 N–H and O–H groups in total. The topological polar surface area (TPSA) is 66.8 Å². The number of carboxylic acid groups (broad SMARTS) is 1. The maximum atomic E-state index is 12.1. The van der Waals surface area contributed by atoms with Crippen molar-refractivity contribution in [1.82, 2.24) is 4.90 Å². The fourth-order valence-electron chi connectivity index (χ4n) is 1.73. The van der Waals surface area contributed by atoms with E-state index in [-0.39, 0.29) is 12.5 Å². The average molecular weight is 323 g/mol. The molecule has 110 valence electrons. The second kappa shape index (κ2) is 6.73. The highest BCUT2D eigenvalue weighted by molar-refractivity contribution is 8.26. The number of rotatable bonds is 5. The number of thiocarbonyl (C=S) groups is 1. The minimum atomic E-state index is -1.03. The van der Waals surface area contributed by atoms with Crippen molar-refractivity contribution in [1.29, 1.82) is 0 Å². The van der Waals surface area contributed by atoms with Crippen molar-refractivity contribution in [2.75, 3.05) is 13.2 Å². The van der Waals surface area contributed by atoms with E-state index >= 15 is 0 Å². The van der Waals surface area contributed by atoms with Crippen LogP contribution in [0.25, 0.3) is 6.08 Å². The molecule has 21 heavy (non-hydrogen) atoms. The molecule has 1 aromatic rings. The summed E-state index contributed by atoms with van der Waals surface area (Å²) in [5.74, 6) is -0.642. The smallest absolute Gasteiger partial charge is 0.341 e. The predicted octanol–water partition coefficient (Wildman–Crippen LogP) is 2.37. The van der Waals surface area contributed by atoms with E-state index in [2.05, 4.69) is 0 Å². The second-order valence-electron chi connectivity index (χ2n) is 4.18. The lowest BCUT2D eigenvalue weighted by Crippen LogP contribution is -2.27. The molecule has 0 unspecified atom stereocenters. The monoisotopic (exact) mass is 323 g/mol. The van der Waals surface area contributed by atoms with Crippen molar-refractivity contribution in [3.05, 3.63) is 34.7 Å². The average Bonchev–Trinajstić information content (AvgIpc) is 2.72. The summed E-state index contributed by atoms with van der Waals surface area (Å²) >= 11 is 6.42. The van der Waals surface area contributed by atoms with Crippen molar-refractivity contribution in [3.63, 3.8) is 0 Å². The van der Waals surface area contributed by atoms with Crippen LogP contribution in [0.2, 0.25) is 0 Å².